The van der Waals surface area contributed by atoms with Crippen molar-refractivity contribution in [3.63, 3.8) is 0 Å². The highest BCUT2D eigenvalue weighted by Gasteiger charge is 2.26. The van der Waals surface area contributed by atoms with Crippen molar-refractivity contribution in [1.29, 1.82) is 0 Å². The highest BCUT2D eigenvalue weighted by Crippen LogP contribution is 2.39. The molecule has 0 aliphatic carbocycles. The quantitative estimate of drug-likeness (QED) is 0.286. The standard InChI is InChI=1S/C27H24F2N4O4.C4H10O/c1-14-18-4-3-9-37-27(18)21(29)11-19(14)26-20(12-25(35)36)15(2)30-23-13-22(32-33(23)26)31-24(34)10-16-5-7-17(28)8-6-16;1-4(2,3)5/h5-8,11,13H,3-4,9-10,12H2,1-2H3,(H,35,36)(H,31,32,34);5H,1-3H3. The molecule has 3 N–H and O–H groups in total. The number of carbonyl (C=O) groups excluding carboxylic acids is 1. The Kier molecular flexibility index (Phi) is 8.91. The van der Waals surface area contributed by atoms with E-state index in [1.807, 2.05) is 6.92 Å². The van der Waals surface area contributed by atoms with Crippen molar-refractivity contribution in [2.45, 2.75) is 65.9 Å². The zero-order valence-electron chi connectivity index (χ0n) is 24.2. The molecule has 1 aliphatic rings. The van der Waals surface area contributed by atoms with E-state index in [2.05, 4.69) is 15.4 Å². The molecule has 11 heteroatoms. The average molecular weight is 581 g/mol. The Labute approximate surface area is 242 Å². The summed E-state index contributed by atoms with van der Waals surface area (Å²) in [6.45, 7) is 9.21. The van der Waals surface area contributed by atoms with E-state index >= 15 is 4.39 Å². The number of rotatable bonds is 6. The highest BCUT2D eigenvalue weighted by atomic mass is 19.1. The van der Waals surface area contributed by atoms with Gasteiger partial charge in [-0.15, -0.1) is 5.10 Å². The molecule has 0 atom stereocenters. The van der Waals surface area contributed by atoms with Crippen molar-refractivity contribution >= 4 is 23.3 Å². The van der Waals surface area contributed by atoms with Crippen LogP contribution in [0, 0.1) is 25.5 Å². The van der Waals surface area contributed by atoms with Gasteiger partial charge >= 0.3 is 5.97 Å². The molecular formula is C31H34F2N4O5. The molecule has 0 unspecified atom stereocenters. The van der Waals surface area contributed by atoms with Crippen LogP contribution in [0.1, 0.15) is 55.1 Å². The van der Waals surface area contributed by atoms with E-state index in [0.717, 1.165) is 17.5 Å². The van der Waals surface area contributed by atoms with Crippen molar-refractivity contribution in [1.82, 2.24) is 14.6 Å². The minimum Gasteiger partial charge on any atom is -0.490 e. The number of carboxylic acid groups (broad SMARTS) is 1. The van der Waals surface area contributed by atoms with Gasteiger partial charge in [0.25, 0.3) is 0 Å². The predicted molar refractivity (Wildman–Crippen MR) is 154 cm³/mol. The summed E-state index contributed by atoms with van der Waals surface area (Å²) in [6.07, 6.45) is 1.05. The Morgan fingerprint density at radius 3 is 2.40 bits per heavy atom. The lowest BCUT2D eigenvalue weighted by Crippen LogP contribution is -2.15. The number of hydrogen-bond donors (Lipinski definition) is 3. The number of nitrogens with zero attached hydrogens (tertiary/aromatic N) is 3. The molecule has 4 aromatic rings. The molecule has 0 bridgehead atoms. The number of aliphatic hydroxyl groups is 1. The molecule has 3 heterocycles. The van der Waals surface area contributed by atoms with Gasteiger partial charge in [-0.1, -0.05) is 12.1 Å². The van der Waals surface area contributed by atoms with Crippen LogP contribution >= 0.6 is 0 Å². The Hall–Kier alpha value is -4.38. The number of aliphatic carboxylic acids is 1. The number of aromatic nitrogens is 3. The smallest absolute Gasteiger partial charge is 0.307 e. The molecule has 9 nitrogen and oxygen atoms in total. The van der Waals surface area contributed by atoms with Gasteiger partial charge in [-0.3, -0.25) is 9.59 Å². The second-order valence-electron chi connectivity index (χ2n) is 11.2. The molecule has 222 valence electrons. The maximum atomic E-state index is 15.1. The summed E-state index contributed by atoms with van der Waals surface area (Å²) in [5, 5.41) is 25.3. The van der Waals surface area contributed by atoms with E-state index in [-0.39, 0.29) is 30.3 Å². The molecule has 42 heavy (non-hydrogen) atoms. The van der Waals surface area contributed by atoms with Crippen molar-refractivity contribution in [3.8, 4) is 17.0 Å². The molecule has 5 rings (SSSR count). The van der Waals surface area contributed by atoms with Gasteiger partial charge in [-0.2, -0.15) is 0 Å². The number of carbonyl (C=O) groups is 2. The van der Waals surface area contributed by atoms with E-state index in [1.54, 1.807) is 33.8 Å². The van der Waals surface area contributed by atoms with Gasteiger partial charge in [0.05, 0.1) is 30.7 Å². The first kappa shape index (κ1) is 30.6. The maximum Gasteiger partial charge on any atom is 0.307 e. The van der Waals surface area contributed by atoms with Gasteiger partial charge in [0, 0.05) is 28.5 Å². The number of benzene rings is 2. The van der Waals surface area contributed by atoms with Crippen molar-refractivity contribution in [2.24, 2.45) is 0 Å². The first-order valence-electron chi connectivity index (χ1n) is 13.5. The molecule has 0 saturated heterocycles. The summed E-state index contributed by atoms with van der Waals surface area (Å²) in [4.78, 5) is 28.9. The third kappa shape index (κ3) is 7.27. The van der Waals surface area contributed by atoms with Crippen LogP contribution < -0.4 is 10.1 Å². The molecule has 2 aromatic heterocycles. The lowest BCUT2D eigenvalue weighted by atomic mass is 9.91. The van der Waals surface area contributed by atoms with Crippen LogP contribution in [0.4, 0.5) is 14.6 Å². The first-order valence-corrected chi connectivity index (χ1v) is 13.5. The summed E-state index contributed by atoms with van der Waals surface area (Å²) >= 11 is 0. The lowest BCUT2D eigenvalue weighted by Gasteiger charge is -2.23. The number of carboxylic acids is 1. The fourth-order valence-electron chi connectivity index (χ4n) is 4.73. The molecule has 0 spiro atoms. The Morgan fingerprint density at radius 2 is 1.76 bits per heavy atom. The minimum absolute atomic E-state index is 0.00682. The second kappa shape index (κ2) is 12.2. The molecule has 1 amide bonds. The number of ether oxygens (including phenoxy) is 1. The van der Waals surface area contributed by atoms with E-state index in [9.17, 15) is 19.1 Å². The van der Waals surface area contributed by atoms with Gasteiger partial charge in [0.1, 0.15) is 5.82 Å². The Bertz CT molecular complexity index is 1640. The normalized spacial score (nSPS) is 12.7. The lowest BCUT2D eigenvalue weighted by molar-refractivity contribution is -0.136. The number of anilines is 1. The number of halogens is 2. The average Bonchev–Trinajstić information content (AvgIpc) is 3.28. The van der Waals surface area contributed by atoms with Gasteiger partial charge in [0.2, 0.25) is 5.91 Å². The van der Waals surface area contributed by atoms with Crippen LogP contribution in [-0.4, -0.2) is 48.9 Å². The van der Waals surface area contributed by atoms with Crippen LogP contribution in [0.25, 0.3) is 16.9 Å². The zero-order chi connectivity index (χ0) is 30.8. The highest BCUT2D eigenvalue weighted by molar-refractivity contribution is 5.92. The van der Waals surface area contributed by atoms with Gasteiger partial charge < -0.3 is 20.3 Å². The molecular weight excluding hydrogens is 546 g/mol. The van der Waals surface area contributed by atoms with Crippen molar-refractivity contribution < 1.29 is 33.3 Å². The summed E-state index contributed by atoms with van der Waals surface area (Å²) in [7, 11) is 0. The Morgan fingerprint density at radius 1 is 1.10 bits per heavy atom. The molecule has 0 fully saturated rings. The van der Waals surface area contributed by atoms with Crippen LogP contribution in [-0.2, 0) is 28.9 Å². The van der Waals surface area contributed by atoms with Crippen LogP contribution in [0.5, 0.6) is 5.75 Å². The summed E-state index contributed by atoms with van der Waals surface area (Å²) in [6, 6.07) is 8.52. The van der Waals surface area contributed by atoms with Gasteiger partial charge in [-0.05, 0) is 76.8 Å². The third-order valence-electron chi connectivity index (χ3n) is 6.47. The Balaban J connectivity index is 0.000000748. The van der Waals surface area contributed by atoms with E-state index in [4.69, 9.17) is 9.84 Å². The number of hydrogen-bond acceptors (Lipinski definition) is 6. The number of aryl methyl sites for hydroxylation is 1. The first-order chi connectivity index (χ1) is 19.7. The van der Waals surface area contributed by atoms with Crippen molar-refractivity contribution in [3.05, 3.63) is 76.0 Å². The second-order valence-corrected chi connectivity index (χ2v) is 11.2. The van der Waals surface area contributed by atoms with E-state index in [1.165, 1.54) is 34.8 Å². The fraction of sp³-hybridized carbons (Fsp3) is 0.355. The van der Waals surface area contributed by atoms with Crippen LogP contribution in [0.2, 0.25) is 0 Å². The van der Waals surface area contributed by atoms with Crippen LogP contribution in [0.15, 0.2) is 36.4 Å². The fourth-order valence-corrected chi connectivity index (χ4v) is 4.73. The van der Waals surface area contributed by atoms with Crippen LogP contribution in [0.3, 0.4) is 0 Å². The third-order valence-corrected chi connectivity index (χ3v) is 6.47. The number of amides is 1. The number of fused-ring (bicyclic) bond motifs is 2. The molecule has 2 aromatic carbocycles. The monoisotopic (exact) mass is 580 g/mol. The largest absolute Gasteiger partial charge is 0.490 e. The minimum atomic E-state index is -1.06. The predicted octanol–water partition coefficient (Wildman–Crippen LogP) is 5.20. The summed E-state index contributed by atoms with van der Waals surface area (Å²) in [5.41, 5.74) is 3.75. The van der Waals surface area contributed by atoms with Gasteiger partial charge in [-0.25, -0.2) is 18.3 Å². The molecule has 0 saturated carbocycles. The maximum absolute atomic E-state index is 15.1. The number of nitrogens with one attached hydrogen (secondary N) is 1. The summed E-state index contributed by atoms with van der Waals surface area (Å²) < 4.78 is 35.3. The van der Waals surface area contributed by atoms with E-state index < -0.39 is 23.2 Å². The topological polar surface area (TPSA) is 126 Å². The van der Waals surface area contributed by atoms with Crippen molar-refractivity contribution in [2.75, 3.05) is 11.9 Å². The summed E-state index contributed by atoms with van der Waals surface area (Å²) in [5.74, 6) is -1.93. The zero-order valence-corrected chi connectivity index (χ0v) is 24.2. The van der Waals surface area contributed by atoms with Gasteiger partial charge in [0.15, 0.2) is 23.0 Å². The molecule has 1 aliphatic heterocycles. The molecule has 0 radical (unpaired) electrons. The SMILES string of the molecule is CC(C)(C)O.Cc1nc2cc(NC(=O)Cc3ccc(F)cc3)nn2c(-c2cc(F)c3c(c2C)CCCO3)c1CC(=O)O. The van der Waals surface area contributed by atoms with E-state index in [0.29, 0.717) is 46.8 Å².